The summed E-state index contributed by atoms with van der Waals surface area (Å²) in [6.07, 6.45) is 7.38. The van der Waals surface area contributed by atoms with Gasteiger partial charge in [-0.05, 0) is 76.0 Å². The van der Waals surface area contributed by atoms with Crippen molar-refractivity contribution in [2.75, 3.05) is 32.7 Å². The summed E-state index contributed by atoms with van der Waals surface area (Å²) in [5.74, 6) is 3.11. The Labute approximate surface area is 93.4 Å². The van der Waals surface area contributed by atoms with E-state index >= 15 is 0 Å². The standard InChI is InChI=1S/C13H24N2/c1-2-11(9-14-5-1)8-13-10-15-6-3-12(13)4-7-15/h11-14H,1-10H2/t11-,13-/m1/s1. The number of hydrogen-bond donors (Lipinski definition) is 1. The summed E-state index contributed by atoms with van der Waals surface area (Å²) in [5, 5.41) is 3.55. The zero-order valence-corrected chi connectivity index (χ0v) is 9.75. The molecule has 4 heterocycles. The zero-order valence-electron chi connectivity index (χ0n) is 9.75. The zero-order chi connectivity index (χ0) is 10.1. The van der Waals surface area contributed by atoms with Gasteiger partial charge in [-0.15, -0.1) is 0 Å². The molecule has 0 aromatic carbocycles. The molecule has 15 heavy (non-hydrogen) atoms. The molecule has 2 bridgehead atoms. The van der Waals surface area contributed by atoms with Crippen molar-refractivity contribution in [1.82, 2.24) is 10.2 Å². The molecular weight excluding hydrogens is 184 g/mol. The summed E-state index contributed by atoms with van der Waals surface area (Å²) >= 11 is 0. The van der Waals surface area contributed by atoms with Crippen LogP contribution in [0.2, 0.25) is 0 Å². The van der Waals surface area contributed by atoms with Gasteiger partial charge in [-0.25, -0.2) is 0 Å². The Morgan fingerprint density at radius 2 is 2.00 bits per heavy atom. The first-order valence-electron chi connectivity index (χ1n) is 6.85. The quantitative estimate of drug-likeness (QED) is 0.743. The van der Waals surface area contributed by atoms with Crippen LogP contribution >= 0.6 is 0 Å². The SMILES string of the molecule is C1CNC[C@@H](C[C@@H]2CN3CCC2CC3)C1. The summed E-state index contributed by atoms with van der Waals surface area (Å²) in [6, 6.07) is 0. The summed E-state index contributed by atoms with van der Waals surface area (Å²) in [6.45, 7) is 6.76. The minimum Gasteiger partial charge on any atom is -0.316 e. The van der Waals surface area contributed by atoms with Crippen molar-refractivity contribution in [3.8, 4) is 0 Å². The fourth-order valence-electron chi connectivity index (χ4n) is 3.91. The molecule has 2 nitrogen and oxygen atoms in total. The van der Waals surface area contributed by atoms with Crippen LogP contribution in [0.15, 0.2) is 0 Å². The van der Waals surface area contributed by atoms with Gasteiger partial charge in [-0.3, -0.25) is 0 Å². The molecular formula is C13H24N2. The van der Waals surface area contributed by atoms with Gasteiger partial charge in [-0.2, -0.15) is 0 Å². The normalized spacial score (nSPS) is 45.6. The molecule has 0 saturated carbocycles. The fourth-order valence-corrected chi connectivity index (χ4v) is 3.91. The van der Waals surface area contributed by atoms with Crippen LogP contribution in [0.3, 0.4) is 0 Å². The molecule has 0 amide bonds. The molecule has 0 radical (unpaired) electrons. The maximum atomic E-state index is 3.55. The second-order valence-electron chi connectivity index (χ2n) is 5.85. The molecule has 0 aromatic heterocycles. The number of nitrogens with one attached hydrogen (secondary N) is 1. The molecule has 0 unspecified atom stereocenters. The van der Waals surface area contributed by atoms with Crippen LogP contribution in [0, 0.1) is 17.8 Å². The predicted molar refractivity (Wildman–Crippen MR) is 62.9 cm³/mol. The lowest BCUT2D eigenvalue weighted by atomic mass is 9.74. The van der Waals surface area contributed by atoms with Crippen LogP contribution in [0.25, 0.3) is 0 Å². The van der Waals surface area contributed by atoms with Crippen LogP contribution < -0.4 is 5.32 Å². The largest absolute Gasteiger partial charge is 0.316 e. The van der Waals surface area contributed by atoms with E-state index < -0.39 is 0 Å². The second kappa shape index (κ2) is 4.42. The summed E-state index contributed by atoms with van der Waals surface area (Å²) in [5.41, 5.74) is 0. The Morgan fingerprint density at radius 1 is 1.13 bits per heavy atom. The Bertz CT molecular complexity index is 203. The average Bonchev–Trinajstić information content (AvgIpc) is 2.32. The molecule has 4 rings (SSSR count). The van der Waals surface area contributed by atoms with Crippen molar-refractivity contribution < 1.29 is 0 Å². The van der Waals surface area contributed by atoms with E-state index in [1.54, 1.807) is 0 Å². The second-order valence-corrected chi connectivity index (χ2v) is 5.85. The van der Waals surface area contributed by atoms with E-state index in [4.69, 9.17) is 0 Å². The smallest absolute Gasteiger partial charge is 0.00124 e. The Kier molecular flexibility index (Phi) is 2.98. The molecule has 4 aliphatic heterocycles. The van der Waals surface area contributed by atoms with Gasteiger partial charge >= 0.3 is 0 Å². The van der Waals surface area contributed by atoms with Crippen molar-refractivity contribution >= 4 is 0 Å². The van der Waals surface area contributed by atoms with Gasteiger partial charge in [0.25, 0.3) is 0 Å². The van der Waals surface area contributed by atoms with Crippen molar-refractivity contribution in [3.05, 3.63) is 0 Å². The minimum absolute atomic E-state index is 0.990. The van der Waals surface area contributed by atoms with Crippen LogP contribution in [0.5, 0.6) is 0 Å². The van der Waals surface area contributed by atoms with Gasteiger partial charge in [-0.1, -0.05) is 0 Å². The lowest BCUT2D eigenvalue weighted by Gasteiger charge is -2.46. The highest BCUT2D eigenvalue weighted by molar-refractivity contribution is 4.88. The van der Waals surface area contributed by atoms with E-state index in [1.807, 2.05) is 0 Å². The Morgan fingerprint density at radius 3 is 2.60 bits per heavy atom. The minimum atomic E-state index is 0.990. The number of nitrogens with zero attached hydrogens (tertiary/aromatic N) is 1. The van der Waals surface area contributed by atoms with E-state index in [9.17, 15) is 0 Å². The molecule has 2 heteroatoms. The summed E-state index contributed by atoms with van der Waals surface area (Å²) < 4.78 is 0. The highest BCUT2D eigenvalue weighted by Crippen LogP contribution is 2.36. The third kappa shape index (κ3) is 2.21. The highest BCUT2D eigenvalue weighted by Gasteiger charge is 2.35. The Hall–Kier alpha value is -0.0800. The lowest BCUT2D eigenvalue weighted by Crippen LogP contribution is -2.48. The number of rotatable bonds is 2. The van der Waals surface area contributed by atoms with Crippen molar-refractivity contribution in [3.63, 3.8) is 0 Å². The maximum absolute atomic E-state index is 3.55. The van der Waals surface area contributed by atoms with Gasteiger partial charge < -0.3 is 10.2 Å². The number of piperidine rings is 4. The third-order valence-electron chi connectivity index (χ3n) is 4.83. The number of fused-ring (bicyclic) bond motifs is 3. The molecule has 4 saturated heterocycles. The van der Waals surface area contributed by atoms with Crippen LogP contribution in [0.4, 0.5) is 0 Å². The van der Waals surface area contributed by atoms with Crippen LogP contribution in [-0.2, 0) is 0 Å². The molecule has 0 aromatic rings. The molecule has 0 spiro atoms. The van der Waals surface area contributed by atoms with Crippen LogP contribution in [-0.4, -0.2) is 37.6 Å². The van der Waals surface area contributed by atoms with Crippen molar-refractivity contribution in [1.29, 1.82) is 0 Å². The van der Waals surface area contributed by atoms with E-state index in [0.717, 1.165) is 17.8 Å². The first-order chi connectivity index (χ1) is 7.42. The monoisotopic (exact) mass is 208 g/mol. The average molecular weight is 208 g/mol. The third-order valence-corrected chi connectivity index (χ3v) is 4.83. The topological polar surface area (TPSA) is 15.3 Å². The fraction of sp³-hybridized carbons (Fsp3) is 1.00. The molecule has 2 atom stereocenters. The van der Waals surface area contributed by atoms with Gasteiger partial charge in [0.15, 0.2) is 0 Å². The maximum Gasteiger partial charge on any atom is 0.00124 e. The summed E-state index contributed by atoms with van der Waals surface area (Å²) in [7, 11) is 0. The molecule has 86 valence electrons. The molecule has 1 N–H and O–H groups in total. The molecule has 4 aliphatic rings. The highest BCUT2D eigenvalue weighted by atomic mass is 15.1. The van der Waals surface area contributed by atoms with E-state index in [2.05, 4.69) is 10.2 Å². The van der Waals surface area contributed by atoms with Crippen molar-refractivity contribution in [2.45, 2.75) is 32.1 Å². The van der Waals surface area contributed by atoms with E-state index in [1.165, 1.54) is 64.8 Å². The van der Waals surface area contributed by atoms with Crippen molar-refractivity contribution in [2.24, 2.45) is 17.8 Å². The molecule has 4 fully saturated rings. The lowest BCUT2D eigenvalue weighted by molar-refractivity contribution is 0.0360. The number of hydrogen-bond acceptors (Lipinski definition) is 2. The van der Waals surface area contributed by atoms with Crippen LogP contribution in [0.1, 0.15) is 32.1 Å². The van der Waals surface area contributed by atoms with Gasteiger partial charge in [0.05, 0.1) is 0 Å². The van der Waals surface area contributed by atoms with E-state index in [-0.39, 0.29) is 0 Å². The Balaban J connectivity index is 1.54. The first-order valence-corrected chi connectivity index (χ1v) is 6.85. The van der Waals surface area contributed by atoms with Gasteiger partial charge in [0.2, 0.25) is 0 Å². The first kappa shape index (κ1) is 10.1. The predicted octanol–water partition coefficient (Wildman–Crippen LogP) is 1.72. The van der Waals surface area contributed by atoms with Gasteiger partial charge in [0, 0.05) is 6.54 Å². The molecule has 0 aliphatic carbocycles. The van der Waals surface area contributed by atoms with Gasteiger partial charge in [0.1, 0.15) is 0 Å². The summed E-state index contributed by atoms with van der Waals surface area (Å²) in [4.78, 5) is 2.70. The van der Waals surface area contributed by atoms with E-state index in [0.29, 0.717) is 0 Å².